The zero-order valence-corrected chi connectivity index (χ0v) is 16.6. The van der Waals surface area contributed by atoms with Gasteiger partial charge in [0.1, 0.15) is 0 Å². The number of rotatable bonds is 10. The van der Waals surface area contributed by atoms with Gasteiger partial charge in [-0.1, -0.05) is 60.2 Å². The van der Waals surface area contributed by atoms with Crippen LogP contribution in [0.2, 0.25) is 0 Å². The lowest BCUT2D eigenvalue weighted by Gasteiger charge is -2.27. The first-order chi connectivity index (χ1) is 13.3. The van der Waals surface area contributed by atoms with Gasteiger partial charge in [0.2, 0.25) is 0 Å². The quantitative estimate of drug-likeness (QED) is 0.563. The molecule has 1 aliphatic rings. The van der Waals surface area contributed by atoms with E-state index in [1.54, 1.807) is 0 Å². The van der Waals surface area contributed by atoms with E-state index in [1.165, 1.54) is 16.7 Å². The van der Waals surface area contributed by atoms with Crippen LogP contribution in [0.3, 0.4) is 0 Å². The molecule has 0 aliphatic carbocycles. The van der Waals surface area contributed by atoms with Crippen LogP contribution in [0.15, 0.2) is 54.6 Å². The fourth-order valence-electron chi connectivity index (χ4n) is 3.60. The van der Waals surface area contributed by atoms with E-state index in [0.29, 0.717) is 0 Å². The molecule has 1 fully saturated rings. The van der Waals surface area contributed by atoms with E-state index < -0.39 is 0 Å². The first kappa shape index (κ1) is 20.1. The third-order valence-corrected chi connectivity index (χ3v) is 5.27. The van der Waals surface area contributed by atoms with Gasteiger partial charge in [0.15, 0.2) is 0 Å². The largest absolute Gasteiger partial charge is 0.379 e. The van der Waals surface area contributed by atoms with Crippen LogP contribution in [0, 0.1) is 6.92 Å². The summed E-state index contributed by atoms with van der Waals surface area (Å²) in [5.41, 5.74) is 4.02. The molecule has 0 N–H and O–H groups in total. The van der Waals surface area contributed by atoms with Gasteiger partial charge in [-0.2, -0.15) is 0 Å². The highest BCUT2D eigenvalue weighted by Crippen LogP contribution is 2.24. The molecule has 146 valence electrons. The van der Waals surface area contributed by atoms with Gasteiger partial charge in [-0.25, -0.2) is 0 Å². The van der Waals surface area contributed by atoms with Crippen molar-refractivity contribution in [3.8, 4) is 0 Å². The van der Waals surface area contributed by atoms with E-state index in [1.807, 2.05) is 0 Å². The van der Waals surface area contributed by atoms with Gasteiger partial charge in [-0.15, -0.1) is 0 Å². The molecule has 0 bridgehead atoms. The van der Waals surface area contributed by atoms with E-state index in [9.17, 15) is 0 Å². The molecule has 1 saturated heterocycles. The first-order valence-electron chi connectivity index (χ1n) is 10.3. The van der Waals surface area contributed by atoms with Crippen LogP contribution in [0.5, 0.6) is 0 Å². The molecule has 3 rings (SSSR count). The highest BCUT2D eigenvalue weighted by atomic mass is 16.5. The third-order valence-electron chi connectivity index (χ3n) is 5.27. The van der Waals surface area contributed by atoms with Crippen molar-refractivity contribution in [1.82, 2.24) is 4.90 Å². The molecule has 3 heteroatoms. The zero-order valence-electron chi connectivity index (χ0n) is 16.6. The molecule has 2 aromatic rings. The minimum atomic E-state index is 0.194. The van der Waals surface area contributed by atoms with Crippen LogP contribution < -0.4 is 0 Å². The van der Waals surface area contributed by atoms with Crippen molar-refractivity contribution in [1.29, 1.82) is 0 Å². The lowest BCUT2D eigenvalue weighted by atomic mass is 10.0. The molecule has 0 aromatic heterocycles. The fourth-order valence-corrected chi connectivity index (χ4v) is 3.60. The van der Waals surface area contributed by atoms with Crippen molar-refractivity contribution in [3.63, 3.8) is 0 Å². The lowest BCUT2D eigenvalue weighted by molar-refractivity contribution is 0.0176. The summed E-state index contributed by atoms with van der Waals surface area (Å²) in [7, 11) is 0. The highest BCUT2D eigenvalue weighted by molar-refractivity contribution is 5.23. The standard InChI is InChI=1S/C24H33NO2/c1-21-11-13-23(14-12-21)24(10-5-9-22-7-3-2-4-8-22)27-18-6-15-25-16-19-26-20-17-25/h2-4,7-8,11-14,24H,5-6,9-10,15-20H2,1H3. The molecular formula is C24H33NO2. The maximum absolute atomic E-state index is 6.34. The number of aryl methyl sites for hydroxylation is 2. The summed E-state index contributed by atoms with van der Waals surface area (Å²) in [6.45, 7) is 7.90. The van der Waals surface area contributed by atoms with Crippen LogP contribution in [0.1, 0.15) is 42.1 Å². The van der Waals surface area contributed by atoms with Gasteiger partial charge in [-0.05, 0) is 43.7 Å². The second-order valence-corrected chi connectivity index (χ2v) is 7.46. The summed E-state index contributed by atoms with van der Waals surface area (Å²) < 4.78 is 11.8. The van der Waals surface area contributed by atoms with Gasteiger partial charge in [0, 0.05) is 26.2 Å². The molecule has 1 aliphatic heterocycles. The Morgan fingerprint density at radius 3 is 2.44 bits per heavy atom. The first-order valence-corrected chi connectivity index (χ1v) is 10.3. The van der Waals surface area contributed by atoms with Gasteiger partial charge in [-0.3, -0.25) is 4.90 Å². The minimum Gasteiger partial charge on any atom is -0.379 e. The van der Waals surface area contributed by atoms with E-state index in [2.05, 4.69) is 66.4 Å². The molecule has 0 spiro atoms. The summed E-state index contributed by atoms with van der Waals surface area (Å²) >= 11 is 0. The van der Waals surface area contributed by atoms with Crippen LogP contribution in [-0.4, -0.2) is 44.4 Å². The van der Waals surface area contributed by atoms with Crippen molar-refractivity contribution in [2.45, 2.75) is 38.7 Å². The molecule has 1 unspecified atom stereocenters. The smallest absolute Gasteiger partial charge is 0.0825 e. The Morgan fingerprint density at radius 1 is 0.963 bits per heavy atom. The van der Waals surface area contributed by atoms with Gasteiger partial charge in [0.25, 0.3) is 0 Å². The second-order valence-electron chi connectivity index (χ2n) is 7.46. The Labute approximate surface area is 164 Å². The van der Waals surface area contributed by atoms with Gasteiger partial charge < -0.3 is 9.47 Å². The molecule has 0 amide bonds. The topological polar surface area (TPSA) is 21.7 Å². The maximum atomic E-state index is 6.34. The minimum absolute atomic E-state index is 0.194. The molecule has 0 saturated carbocycles. The highest BCUT2D eigenvalue weighted by Gasteiger charge is 2.13. The molecule has 1 atom stereocenters. The summed E-state index contributed by atoms with van der Waals surface area (Å²) in [6.07, 6.45) is 4.60. The zero-order chi connectivity index (χ0) is 18.7. The number of ether oxygens (including phenoxy) is 2. The summed E-state index contributed by atoms with van der Waals surface area (Å²) in [5, 5.41) is 0. The molecule has 1 heterocycles. The molecule has 3 nitrogen and oxygen atoms in total. The lowest BCUT2D eigenvalue weighted by Crippen LogP contribution is -2.37. The van der Waals surface area contributed by atoms with E-state index in [-0.39, 0.29) is 6.10 Å². The summed E-state index contributed by atoms with van der Waals surface area (Å²) in [4.78, 5) is 2.48. The van der Waals surface area contributed by atoms with E-state index >= 15 is 0 Å². The third kappa shape index (κ3) is 7.10. The molecule has 0 radical (unpaired) electrons. The Bertz CT molecular complexity index is 635. The summed E-state index contributed by atoms with van der Waals surface area (Å²) in [6, 6.07) is 19.6. The van der Waals surface area contributed by atoms with Crippen LogP contribution in [-0.2, 0) is 15.9 Å². The molecule has 27 heavy (non-hydrogen) atoms. The number of hydrogen-bond donors (Lipinski definition) is 0. The Hall–Kier alpha value is -1.68. The predicted octanol–water partition coefficient (Wildman–Crippen LogP) is 4.80. The number of hydrogen-bond acceptors (Lipinski definition) is 3. The number of nitrogens with zero attached hydrogens (tertiary/aromatic N) is 1. The van der Waals surface area contributed by atoms with E-state index in [0.717, 1.165) is 65.1 Å². The average Bonchev–Trinajstić information content (AvgIpc) is 2.72. The second kappa shape index (κ2) is 11.2. The Morgan fingerprint density at radius 2 is 1.70 bits per heavy atom. The van der Waals surface area contributed by atoms with Crippen molar-refractivity contribution >= 4 is 0 Å². The SMILES string of the molecule is Cc1ccc(C(CCCc2ccccc2)OCCCN2CCOCC2)cc1. The predicted molar refractivity (Wildman–Crippen MR) is 111 cm³/mol. The van der Waals surface area contributed by atoms with Crippen molar-refractivity contribution in [3.05, 3.63) is 71.3 Å². The normalized spacial score (nSPS) is 16.3. The van der Waals surface area contributed by atoms with Crippen molar-refractivity contribution in [2.24, 2.45) is 0 Å². The Balaban J connectivity index is 1.47. The van der Waals surface area contributed by atoms with E-state index in [4.69, 9.17) is 9.47 Å². The van der Waals surface area contributed by atoms with Crippen LogP contribution in [0.25, 0.3) is 0 Å². The van der Waals surface area contributed by atoms with Crippen molar-refractivity contribution in [2.75, 3.05) is 39.5 Å². The monoisotopic (exact) mass is 367 g/mol. The number of benzene rings is 2. The average molecular weight is 368 g/mol. The molecular weight excluding hydrogens is 334 g/mol. The molecule has 2 aromatic carbocycles. The fraction of sp³-hybridized carbons (Fsp3) is 0.500. The van der Waals surface area contributed by atoms with Crippen LogP contribution >= 0.6 is 0 Å². The number of morpholine rings is 1. The van der Waals surface area contributed by atoms with Crippen LogP contribution in [0.4, 0.5) is 0 Å². The van der Waals surface area contributed by atoms with Gasteiger partial charge >= 0.3 is 0 Å². The maximum Gasteiger partial charge on any atom is 0.0825 e. The van der Waals surface area contributed by atoms with Gasteiger partial charge in [0.05, 0.1) is 19.3 Å². The van der Waals surface area contributed by atoms with Crippen molar-refractivity contribution < 1.29 is 9.47 Å². The Kier molecular flexibility index (Phi) is 8.34. The summed E-state index contributed by atoms with van der Waals surface area (Å²) in [5.74, 6) is 0.